The van der Waals surface area contributed by atoms with Crippen LogP contribution in [-0.4, -0.2) is 20.0 Å². The fraction of sp³-hybridized carbons (Fsp3) is 0.222. The van der Waals surface area contributed by atoms with E-state index in [1.807, 2.05) is 85.0 Å². The van der Waals surface area contributed by atoms with Crippen LogP contribution < -0.4 is 9.47 Å². The molecule has 1 saturated carbocycles. The molecular formula is C27H28O3. The monoisotopic (exact) mass is 400 g/mol. The van der Waals surface area contributed by atoms with Crippen molar-refractivity contribution in [1.29, 1.82) is 0 Å². The lowest BCUT2D eigenvalue weighted by atomic mass is 10.0. The summed E-state index contributed by atoms with van der Waals surface area (Å²) in [6, 6.07) is 15.7. The first-order chi connectivity index (χ1) is 14.7. The van der Waals surface area contributed by atoms with Gasteiger partial charge in [0, 0.05) is 11.1 Å². The maximum atomic E-state index is 13.0. The topological polar surface area (TPSA) is 35.5 Å². The van der Waals surface area contributed by atoms with E-state index in [-0.39, 0.29) is 5.78 Å². The Hall–Kier alpha value is -3.33. The second kappa shape index (κ2) is 11.0. The average Bonchev–Trinajstić information content (AvgIpc) is 2.96. The minimum atomic E-state index is 0.141. The Balaban J connectivity index is 1.77. The van der Waals surface area contributed by atoms with Crippen LogP contribution in [0.5, 0.6) is 11.5 Å². The molecule has 3 heteroatoms. The number of ketones is 1. The van der Waals surface area contributed by atoms with Gasteiger partial charge in [0.25, 0.3) is 0 Å². The van der Waals surface area contributed by atoms with Gasteiger partial charge in [-0.15, -0.1) is 0 Å². The van der Waals surface area contributed by atoms with Gasteiger partial charge < -0.3 is 9.47 Å². The molecule has 2 aromatic carbocycles. The molecule has 0 heterocycles. The molecule has 3 nitrogen and oxygen atoms in total. The van der Waals surface area contributed by atoms with E-state index in [1.165, 1.54) is 0 Å². The first kappa shape index (κ1) is 21.4. The maximum absolute atomic E-state index is 13.0. The van der Waals surface area contributed by atoms with Crippen LogP contribution in [0.4, 0.5) is 0 Å². The molecule has 0 spiro atoms. The highest BCUT2D eigenvalue weighted by Gasteiger charge is 2.17. The highest BCUT2D eigenvalue weighted by Crippen LogP contribution is 2.25. The second-order valence-corrected chi connectivity index (χ2v) is 7.12. The number of rotatable bonds is 6. The second-order valence-electron chi connectivity index (χ2n) is 7.12. The summed E-state index contributed by atoms with van der Waals surface area (Å²) in [5, 5.41) is 0. The van der Waals surface area contributed by atoms with Gasteiger partial charge in [0.15, 0.2) is 5.78 Å². The van der Waals surface area contributed by atoms with Gasteiger partial charge in [0.05, 0.1) is 14.2 Å². The zero-order valence-electron chi connectivity index (χ0n) is 17.6. The van der Waals surface area contributed by atoms with Crippen LogP contribution in [0.1, 0.15) is 36.8 Å². The molecule has 0 N–H and O–H groups in total. The maximum Gasteiger partial charge on any atom is 0.184 e. The summed E-state index contributed by atoms with van der Waals surface area (Å²) in [6.07, 6.45) is 15.4. The zero-order chi connectivity index (χ0) is 21.2. The van der Waals surface area contributed by atoms with Crippen molar-refractivity contribution in [2.24, 2.45) is 0 Å². The molecule has 0 amide bonds. The van der Waals surface area contributed by atoms with E-state index in [1.54, 1.807) is 14.2 Å². The van der Waals surface area contributed by atoms with E-state index >= 15 is 0 Å². The fourth-order valence-electron chi connectivity index (χ4n) is 3.53. The highest BCUT2D eigenvalue weighted by molar-refractivity contribution is 6.08. The molecule has 0 atom stereocenters. The van der Waals surface area contributed by atoms with E-state index in [4.69, 9.17) is 9.47 Å². The predicted octanol–water partition coefficient (Wildman–Crippen LogP) is 6.43. The van der Waals surface area contributed by atoms with Crippen LogP contribution in [0.2, 0.25) is 0 Å². The van der Waals surface area contributed by atoms with Crippen molar-refractivity contribution in [2.45, 2.75) is 25.7 Å². The molecule has 154 valence electrons. The summed E-state index contributed by atoms with van der Waals surface area (Å²) in [7, 11) is 3.32. The van der Waals surface area contributed by atoms with Crippen molar-refractivity contribution in [3.63, 3.8) is 0 Å². The molecule has 2 aromatic rings. The minimum absolute atomic E-state index is 0.141. The summed E-state index contributed by atoms with van der Waals surface area (Å²) < 4.78 is 10.8. The van der Waals surface area contributed by atoms with Gasteiger partial charge in [-0.25, -0.2) is 0 Å². The van der Waals surface area contributed by atoms with Crippen molar-refractivity contribution in [3.05, 3.63) is 95.1 Å². The Morgan fingerprint density at radius 1 is 0.700 bits per heavy atom. The summed E-state index contributed by atoms with van der Waals surface area (Å²) in [6.45, 7) is 0. The van der Waals surface area contributed by atoms with Crippen LogP contribution >= 0.6 is 0 Å². The Morgan fingerprint density at radius 3 is 1.57 bits per heavy atom. The average molecular weight is 401 g/mol. The van der Waals surface area contributed by atoms with E-state index in [9.17, 15) is 4.79 Å². The van der Waals surface area contributed by atoms with Crippen LogP contribution in [0.25, 0.3) is 12.2 Å². The predicted molar refractivity (Wildman–Crippen MR) is 124 cm³/mol. The smallest absolute Gasteiger partial charge is 0.184 e. The number of hydrogen-bond donors (Lipinski definition) is 0. The van der Waals surface area contributed by atoms with Gasteiger partial charge in [0.1, 0.15) is 11.5 Å². The lowest BCUT2D eigenvalue weighted by molar-refractivity contribution is -0.112. The van der Waals surface area contributed by atoms with Gasteiger partial charge in [-0.2, -0.15) is 0 Å². The Labute approximate surface area is 179 Å². The van der Waals surface area contributed by atoms with Gasteiger partial charge in [-0.3, -0.25) is 4.79 Å². The first-order valence-corrected chi connectivity index (χ1v) is 10.3. The third-order valence-electron chi connectivity index (χ3n) is 5.15. The third-order valence-corrected chi connectivity index (χ3v) is 5.15. The number of methoxy groups -OCH3 is 2. The fourth-order valence-corrected chi connectivity index (χ4v) is 3.53. The van der Waals surface area contributed by atoms with Crippen LogP contribution in [0.15, 0.2) is 84.0 Å². The van der Waals surface area contributed by atoms with Crippen LogP contribution in [0, 0.1) is 0 Å². The summed E-state index contributed by atoms with van der Waals surface area (Å²) in [5.41, 5.74) is 3.70. The zero-order valence-corrected chi connectivity index (χ0v) is 17.6. The molecule has 3 rings (SSSR count). The number of allylic oxidation sites excluding steroid dienone is 6. The molecular weight excluding hydrogens is 372 g/mol. The Bertz CT molecular complexity index is 913. The summed E-state index contributed by atoms with van der Waals surface area (Å²) >= 11 is 0. The molecule has 0 unspecified atom stereocenters. The van der Waals surface area contributed by atoms with Crippen molar-refractivity contribution in [2.75, 3.05) is 14.2 Å². The molecule has 1 aliphatic carbocycles. The van der Waals surface area contributed by atoms with Gasteiger partial charge in [0.2, 0.25) is 0 Å². The van der Waals surface area contributed by atoms with Gasteiger partial charge in [-0.1, -0.05) is 72.9 Å². The number of carbonyl (C=O) groups excluding carboxylic acids is 1. The number of Topliss-reactive ketones (excluding diaryl/α,β-unsaturated/α-hetero) is 1. The normalized spacial score (nSPS) is 17.7. The molecule has 0 radical (unpaired) electrons. The number of ether oxygens (including phenoxy) is 2. The van der Waals surface area contributed by atoms with Crippen molar-refractivity contribution >= 4 is 17.9 Å². The third kappa shape index (κ3) is 5.60. The van der Waals surface area contributed by atoms with Gasteiger partial charge >= 0.3 is 0 Å². The van der Waals surface area contributed by atoms with Gasteiger partial charge in [-0.05, 0) is 49.0 Å². The quantitative estimate of drug-likeness (QED) is 0.414. The largest absolute Gasteiger partial charge is 0.496 e. The number of carbonyl (C=O) groups is 1. The SMILES string of the molecule is COc1ccccc1C=CC=C1CCCCC(=CC=Cc2ccccc2OC)C1=O. The molecule has 0 saturated heterocycles. The lowest BCUT2D eigenvalue weighted by Gasteiger charge is -2.04. The highest BCUT2D eigenvalue weighted by atomic mass is 16.5. The Kier molecular flexibility index (Phi) is 7.85. The van der Waals surface area contributed by atoms with Crippen molar-refractivity contribution in [3.8, 4) is 11.5 Å². The van der Waals surface area contributed by atoms with E-state index in [0.717, 1.165) is 59.5 Å². The number of benzene rings is 2. The van der Waals surface area contributed by atoms with E-state index in [0.29, 0.717) is 0 Å². The first-order valence-electron chi connectivity index (χ1n) is 10.3. The van der Waals surface area contributed by atoms with E-state index in [2.05, 4.69) is 0 Å². The molecule has 0 aromatic heterocycles. The molecule has 0 aliphatic heterocycles. The molecule has 30 heavy (non-hydrogen) atoms. The van der Waals surface area contributed by atoms with Crippen molar-refractivity contribution in [1.82, 2.24) is 0 Å². The molecule has 1 fully saturated rings. The molecule has 0 bridgehead atoms. The van der Waals surface area contributed by atoms with E-state index < -0.39 is 0 Å². The lowest BCUT2D eigenvalue weighted by Crippen LogP contribution is -2.03. The summed E-state index contributed by atoms with van der Waals surface area (Å²) in [5.74, 6) is 1.78. The van der Waals surface area contributed by atoms with Crippen LogP contribution in [-0.2, 0) is 4.79 Å². The number of para-hydroxylation sites is 2. The summed E-state index contributed by atoms with van der Waals surface area (Å²) in [4.78, 5) is 13.0. The minimum Gasteiger partial charge on any atom is -0.496 e. The number of hydrogen-bond acceptors (Lipinski definition) is 3. The molecule has 1 aliphatic rings. The van der Waals surface area contributed by atoms with Crippen molar-refractivity contribution < 1.29 is 14.3 Å². The standard InChI is InChI=1S/C27H28O3/c1-29-25-19-7-5-11-21(25)15-9-17-23-13-3-4-14-24(27(23)28)18-10-16-22-12-6-8-20-26(22)30-2/h5-12,15-20H,3-4,13-14H2,1-2H3. The van der Waals surface area contributed by atoms with Crippen LogP contribution in [0.3, 0.4) is 0 Å². The Morgan fingerprint density at radius 2 is 1.13 bits per heavy atom.